The number of hydrogen-bond donors (Lipinski definition) is 1. The largest absolute Gasteiger partial charge is 0.455 e. The second-order valence-corrected chi connectivity index (χ2v) is 5.48. The summed E-state index contributed by atoms with van der Waals surface area (Å²) in [6.07, 6.45) is 0. The molecule has 1 amide bonds. The molecule has 6 heteroatoms. The highest BCUT2D eigenvalue weighted by Gasteiger charge is 2.16. The SMILES string of the molecule is CN(C)C(=O)c1ccc(N)cc1Oc1cc(Cl)ccc1Cl. The second kappa shape index (κ2) is 6.24. The number of benzene rings is 2. The third-order valence-electron chi connectivity index (χ3n) is 2.76. The van der Waals surface area contributed by atoms with Crippen LogP contribution in [0.3, 0.4) is 0 Å². The molecule has 0 saturated carbocycles. The standard InChI is InChI=1S/C15H14Cl2N2O2/c1-19(2)15(20)11-5-4-10(18)8-13(11)21-14-7-9(16)3-6-12(14)17/h3-8H,18H2,1-2H3. The van der Waals surface area contributed by atoms with Crippen LogP contribution in [0.2, 0.25) is 10.0 Å². The molecule has 0 heterocycles. The molecule has 0 aliphatic rings. The Labute approximate surface area is 133 Å². The normalized spacial score (nSPS) is 10.3. The van der Waals surface area contributed by atoms with Crippen LogP contribution < -0.4 is 10.5 Å². The van der Waals surface area contributed by atoms with Crippen molar-refractivity contribution in [3.05, 3.63) is 52.0 Å². The first-order valence-corrected chi connectivity index (χ1v) is 6.88. The van der Waals surface area contributed by atoms with Crippen molar-refractivity contribution in [3.8, 4) is 11.5 Å². The fourth-order valence-electron chi connectivity index (χ4n) is 1.71. The number of carbonyl (C=O) groups excluding carboxylic acids is 1. The van der Waals surface area contributed by atoms with Gasteiger partial charge in [-0.15, -0.1) is 0 Å². The van der Waals surface area contributed by atoms with Crippen molar-refractivity contribution < 1.29 is 9.53 Å². The highest BCUT2D eigenvalue weighted by Crippen LogP contribution is 2.34. The Kier molecular flexibility index (Phi) is 4.60. The van der Waals surface area contributed by atoms with E-state index in [1.165, 1.54) is 4.90 Å². The van der Waals surface area contributed by atoms with Crippen LogP contribution in [0.1, 0.15) is 10.4 Å². The predicted octanol–water partition coefficient (Wildman–Crippen LogP) is 4.07. The van der Waals surface area contributed by atoms with E-state index < -0.39 is 0 Å². The van der Waals surface area contributed by atoms with Crippen LogP contribution in [0.15, 0.2) is 36.4 Å². The molecule has 2 aromatic rings. The predicted molar refractivity (Wildman–Crippen MR) is 85.4 cm³/mol. The first kappa shape index (κ1) is 15.5. The number of hydrogen-bond acceptors (Lipinski definition) is 3. The molecule has 0 aliphatic heterocycles. The maximum atomic E-state index is 12.2. The fraction of sp³-hybridized carbons (Fsp3) is 0.133. The number of ether oxygens (including phenoxy) is 1. The second-order valence-electron chi connectivity index (χ2n) is 4.63. The van der Waals surface area contributed by atoms with Crippen LogP contribution in [-0.2, 0) is 0 Å². The molecule has 0 saturated heterocycles. The zero-order valence-electron chi connectivity index (χ0n) is 11.6. The van der Waals surface area contributed by atoms with Crippen molar-refractivity contribution in [1.29, 1.82) is 0 Å². The van der Waals surface area contributed by atoms with Gasteiger partial charge in [-0.3, -0.25) is 4.79 Å². The molecule has 2 N–H and O–H groups in total. The molecule has 0 aromatic heterocycles. The Morgan fingerprint density at radius 1 is 1.10 bits per heavy atom. The van der Waals surface area contributed by atoms with Crippen LogP contribution >= 0.6 is 23.2 Å². The zero-order chi connectivity index (χ0) is 15.6. The van der Waals surface area contributed by atoms with Gasteiger partial charge in [0, 0.05) is 36.9 Å². The van der Waals surface area contributed by atoms with E-state index in [2.05, 4.69) is 0 Å². The third-order valence-corrected chi connectivity index (χ3v) is 3.30. The smallest absolute Gasteiger partial charge is 0.257 e. The van der Waals surface area contributed by atoms with Crippen LogP contribution in [0, 0.1) is 0 Å². The number of rotatable bonds is 3. The monoisotopic (exact) mass is 324 g/mol. The van der Waals surface area contributed by atoms with E-state index in [0.717, 1.165) is 0 Å². The number of anilines is 1. The molecule has 2 aromatic carbocycles. The van der Waals surface area contributed by atoms with E-state index in [1.54, 1.807) is 50.5 Å². The number of carbonyl (C=O) groups is 1. The van der Waals surface area contributed by atoms with Gasteiger partial charge in [0.05, 0.1) is 10.6 Å². The van der Waals surface area contributed by atoms with Crippen molar-refractivity contribution in [2.75, 3.05) is 19.8 Å². The number of amides is 1. The van der Waals surface area contributed by atoms with Gasteiger partial charge < -0.3 is 15.4 Å². The minimum Gasteiger partial charge on any atom is -0.455 e. The summed E-state index contributed by atoms with van der Waals surface area (Å²) in [6, 6.07) is 9.69. The lowest BCUT2D eigenvalue weighted by molar-refractivity contribution is 0.0825. The van der Waals surface area contributed by atoms with Crippen LogP contribution in [-0.4, -0.2) is 24.9 Å². The minimum atomic E-state index is -0.192. The summed E-state index contributed by atoms with van der Waals surface area (Å²) >= 11 is 12.0. The maximum absolute atomic E-state index is 12.2. The van der Waals surface area contributed by atoms with Crippen molar-refractivity contribution in [1.82, 2.24) is 4.90 Å². The molecular formula is C15H14Cl2N2O2. The highest BCUT2D eigenvalue weighted by atomic mass is 35.5. The summed E-state index contributed by atoms with van der Waals surface area (Å²) in [5.74, 6) is 0.503. The van der Waals surface area contributed by atoms with Gasteiger partial charge in [-0.25, -0.2) is 0 Å². The van der Waals surface area contributed by atoms with Crippen LogP contribution in [0.5, 0.6) is 11.5 Å². The lowest BCUT2D eigenvalue weighted by Crippen LogP contribution is -2.22. The zero-order valence-corrected chi connectivity index (χ0v) is 13.1. The average Bonchev–Trinajstić information content (AvgIpc) is 2.42. The maximum Gasteiger partial charge on any atom is 0.257 e. The van der Waals surface area contributed by atoms with Crippen molar-refractivity contribution in [3.63, 3.8) is 0 Å². The molecular weight excluding hydrogens is 311 g/mol. The molecule has 0 spiro atoms. The summed E-state index contributed by atoms with van der Waals surface area (Å²) in [6.45, 7) is 0. The van der Waals surface area contributed by atoms with E-state index in [0.29, 0.717) is 32.8 Å². The lowest BCUT2D eigenvalue weighted by atomic mass is 10.1. The number of nitrogen functional groups attached to an aromatic ring is 1. The Morgan fingerprint density at radius 2 is 1.81 bits per heavy atom. The van der Waals surface area contributed by atoms with Gasteiger partial charge >= 0.3 is 0 Å². The first-order chi connectivity index (χ1) is 9.88. The summed E-state index contributed by atoms with van der Waals surface area (Å²) in [5, 5.41) is 0.879. The van der Waals surface area contributed by atoms with E-state index in [9.17, 15) is 4.79 Å². The minimum absolute atomic E-state index is 0.192. The van der Waals surface area contributed by atoms with E-state index in [-0.39, 0.29) is 5.91 Å². The van der Waals surface area contributed by atoms with E-state index in [4.69, 9.17) is 33.7 Å². The van der Waals surface area contributed by atoms with Gasteiger partial charge in [-0.1, -0.05) is 23.2 Å². The quantitative estimate of drug-likeness (QED) is 0.866. The first-order valence-electron chi connectivity index (χ1n) is 6.12. The number of halogens is 2. The van der Waals surface area contributed by atoms with Crippen LogP contribution in [0.25, 0.3) is 0 Å². The van der Waals surface area contributed by atoms with E-state index in [1.807, 2.05) is 0 Å². The van der Waals surface area contributed by atoms with Crippen LogP contribution in [0.4, 0.5) is 5.69 Å². The third kappa shape index (κ3) is 3.60. The fourth-order valence-corrected chi connectivity index (χ4v) is 2.03. The molecule has 0 aliphatic carbocycles. The molecule has 4 nitrogen and oxygen atoms in total. The summed E-state index contributed by atoms with van der Waals surface area (Å²) < 4.78 is 5.73. The summed E-state index contributed by atoms with van der Waals surface area (Å²) in [7, 11) is 3.32. The molecule has 2 rings (SSSR count). The number of nitrogens with two attached hydrogens (primary N) is 1. The van der Waals surface area contributed by atoms with Gasteiger partial charge in [-0.2, -0.15) is 0 Å². The molecule has 0 bridgehead atoms. The molecule has 0 radical (unpaired) electrons. The van der Waals surface area contributed by atoms with Gasteiger partial charge in [0.15, 0.2) is 0 Å². The molecule has 0 atom stereocenters. The van der Waals surface area contributed by atoms with Crippen molar-refractivity contribution in [2.45, 2.75) is 0 Å². The van der Waals surface area contributed by atoms with Crippen molar-refractivity contribution in [2.24, 2.45) is 0 Å². The molecule has 0 fully saturated rings. The Bertz CT molecular complexity index is 687. The summed E-state index contributed by atoms with van der Waals surface area (Å²) in [4.78, 5) is 13.6. The van der Waals surface area contributed by atoms with Gasteiger partial charge in [0.2, 0.25) is 0 Å². The topological polar surface area (TPSA) is 55.6 Å². The Hall–Kier alpha value is -1.91. The summed E-state index contributed by atoms with van der Waals surface area (Å²) in [5.41, 5.74) is 6.64. The lowest BCUT2D eigenvalue weighted by Gasteiger charge is -2.16. The van der Waals surface area contributed by atoms with Gasteiger partial charge in [0.1, 0.15) is 11.5 Å². The Balaban J connectivity index is 2.45. The molecule has 110 valence electrons. The highest BCUT2D eigenvalue weighted by molar-refractivity contribution is 6.34. The van der Waals surface area contributed by atoms with Gasteiger partial charge in [0.25, 0.3) is 5.91 Å². The molecule has 21 heavy (non-hydrogen) atoms. The molecule has 0 unspecified atom stereocenters. The van der Waals surface area contributed by atoms with E-state index >= 15 is 0 Å². The van der Waals surface area contributed by atoms with Gasteiger partial charge in [-0.05, 0) is 24.3 Å². The van der Waals surface area contributed by atoms with Crippen molar-refractivity contribution >= 4 is 34.8 Å². The number of nitrogens with zero attached hydrogens (tertiary/aromatic N) is 1. The Morgan fingerprint density at radius 3 is 2.48 bits per heavy atom. The average molecular weight is 325 g/mol.